The highest BCUT2D eigenvalue weighted by atomic mass is 16.3. The van der Waals surface area contributed by atoms with Gasteiger partial charge in [-0.2, -0.15) is 0 Å². The van der Waals surface area contributed by atoms with Gasteiger partial charge in [0.2, 0.25) is 0 Å². The van der Waals surface area contributed by atoms with E-state index in [0.717, 1.165) is 33.1 Å². The second-order valence-corrected chi connectivity index (χ2v) is 12.4. The van der Waals surface area contributed by atoms with Gasteiger partial charge >= 0.3 is 0 Å². The fourth-order valence-corrected chi connectivity index (χ4v) is 7.79. The van der Waals surface area contributed by atoms with Crippen molar-refractivity contribution in [1.82, 2.24) is 0 Å². The van der Waals surface area contributed by atoms with Crippen molar-refractivity contribution in [2.45, 2.75) is 0 Å². The Bertz CT molecular complexity index is 2780. The zero-order valence-electron chi connectivity index (χ0n) is 25.6. The van der Waals surface area contributed by atoms with Crippen LogP contribution in [-0.4, -0.2) is 0 Å². The van der Waals surface area contributed by atoms with E-state index in [2.05, 4.69) is 170 Å². The Balaban J connectivity index is 1.28. The maximum atomic E-state index is 6.56. The van der Waals surface area contributed by atoms with Gasteiger partial charge in [-0.05, 0) is 89.1 Å². The van der Waals surface area contributed by atoms with Gasteiger partial charge < -0.3 is 4.42 Å². The standard InChI is InChI=1S/C46H28O/c1-2-13-29(14-3-1)33-23-12-24-40-41-28-31(25-26-43(41)47-46(33)40)44-36-19-8-10-21-38(36)45(39-22-11-9-20-37(39)44)42-27-30-15-4-5-16-32(30)34-17-6-7-18-35(34)42/h1-28H. The summed E-state index contributed by atoms with van der Waals surface area (Å²) in [5.74, 6) is 0. The summed E-state index contributed by atoms with van der Waals surface area (Å²) >= 11 is 0. The first-order chi connectivity index (χ1) is 23.3. The highest BCUT2D eigenvalue weighted by Gasteiger charge is 2.20. The summed E-state index contributed by atoms with van der Waals surface area (Å²) < 4.78 is 6.56. The molecule has 10 rings (SSSR count). The lowest BCUT2D eigenvalue weighted by Gasteiger charge is -2.19. The molecule has 0 atom stereocenters. The van der Waals surface area contributed by atoms with Gasteiger partial charge in [-0.3, -0.25) is 0 Å². The van der Waals surface area contributed by atoms with Crippen LogP contribution in [0.5, 0.6) is 0 Å². The summed E-state index contributed by atoms with van der Waals surface area (Å²) in [4.78, 5) is 0. The lowest BCUT2D eigenvalue weighted by atomic mass is 9.83. The first-order valence-electron chi connectivity index (χ1n) is 16.2. The number of hydrogen-bond acceptors (Lipinski definition) is 1. The molecule has 9 aromatic carbocycles. The van der Waals surface area contributed by atoms with Gasteiger partial charge in [0.1, 0.15) is 11.2 Å². The Morgan fingerprint density at radius 2 is 0.872 bits per heavy atom. The van der Waals surface area contributed by atoms with Gasteiger partial charge in [-0.15, -0.1) is 0 Å². The Labute approximate surface area is 271 Å². The molecule has 1 heteroatoms. The zero-order valence-corrected chi connectivity index (χ0v) is 25.6. The van der Waals surface area contributed by atoms with Crippen molar-refractivity contribution in [2.75, 3.05) is 0 Å². The van der Waals surface area contributed by atoms with Gasteiger partial charge in [0.05, 0.1) is 0 Å². The third kappa shape index (κ3) is 3.90. The zero-order chi connectivity index (χ0) is 30.9. The highest BCUT2D eigenvalue weighted by molar-refractivity contribution is 6.26. The fraction of sp³-hybridized carbons (Fsp3) is 0. The molecule has 1 heterocycles. The Hall–Kier alpha value is -6.18. The smallest absolute Gasteiger partial charge is 0.143 e. The predicted molar refractivity (Wildman–Crippen MR) is 200 cm³/mol. The van der Waals surface area contributed by atoms with Crippen LogP contribution in [0.3, 0.4) is 0 Å². The topological polar surface area (TPSA) is 13.1 Å². The van der Waals surface area contributed by atoms with E-state index in [-0.39, 0.29) is 0 Å². The molecule has 0 aliphatic carbocycles. The molecule has 0 radical (unpaired) electrons. The molecule has 10 aromatic rings. The van der Waals surface area contributed by atoms with Crippen LogP contribution in [-0.2, 0) is 0 Å². The number of rotatable bonds is 3. The monoisotopic (exact) mass is 596 g/mol. The average Bonchev–Trinajstić information content (AvgIpc) is 3.52. The van der Waals surface area contributed by atoms with Crippen LogP contribution in [0, 0.1) is 0 Å². The molecule has 0 amide bonds. The van der Waals surface area contributed by atoms with Crippen LogP contribution < -0.4 is 0 Å². The van der Waals surface area contributed by atoms with Crippen LogP contribution in [0.25, 0.3) is 98.4 Å². The first-order valence-corrected chi connectivity index (χ1v) is 16.2. The minimum atomic E-state index is 0.903. The van der Waals surface area contributed by atoms with Crippen molar-refractivity contribution in [2.24, 2.45) is 0 Å². The number of para-hydroxylation sites is 1. The molecule has 0 saturated carbocycles. The van der Waals surface area contributed by atoms with Crippen LogP contribution >= 0.6 is 0 Å². The Kier molecular flexibility index (Phi) is 5.64. The quantitative estimate of drug-likeness (QED) is 0.146. The van der Waals surface area contributed by atoms with E-state index in [0.29, 0.717) is 0 Å². The van der Waals surface area contributed by atoms with Crippen molar-refractivity contribution in [3.63, 3.8) is 0 Å². The minimum Gasteiger partial charge on any atom is -0.455 e. The molecule has 0 N–H and O–H groups in total. The molecule has 0 aliphatic heterocycles. The van der Waals surface area contributed by atoms with E-state index in [1.807, 2.05) is 0 Å². The predicted octanol–water partition coefficient (Wildman–Crippen LogP) is 13.2. The summed E-state index contributed by atoms with van der Waals surface area (Å²) in [7, 11) is 0. The first kappa shape index (κ1) is 26.1. The second kappa shape index (κ2) is 10.2. The number of benzene rings is 9. The highest BCUT2D eigenvalue weighted by Crippen LogP contribution is 2.47. The minimum absolute atomic E-state index is 0.903. The SMILES string of the molecule is c1ccc(-c2cccc3c2oc2ccc(-c4c5ccccc5c(-c5cc6ccccc6c6ccccc56)c5ccccc45)cc23)cc1. The third-order valence-electron chi connectivity index (χ3n) is 9.84. The van der Waals surface area contributed by atoms with E-state index in [1.165, 1.54) is 65.3 Å². The molecule has 1 aromatic heterocycles. The lowest BCUT2D eigenvalue weighted by molar-refractivity contribution is 0.670. The van der Waals surface area contributed by atoms with Crippen LogP contribution in [0.1, 0.15) is 0 Å². The molecule has 0 saturated heterocycles. The summed E-state index contributed by atoms with van der Waals surface area (Å²) in [5.41, 5.74) is 9.09. The van der Waals surface area contributed by atoms with Crippen molar-refractivity contribution in [1.29, 1.82) is 0 Å². The molecule has 0 spiro atoms. The van der Waals surface area contributed by atoms with E-state index < -0.39 is 0 Å². The third-order valence-corrected chi connectivity index (χ3v) is 9.84. The molecule has 0 bridgehead atoms. The molecule has 0 fully saturated rings. The van der Waals surface area contributed by atoms with E-state index >= 15 is 0 Å². The molecular weight excluding hydrogens is 569 g/mol. The van der Waals surface area contributed by atoms with Crippen LogP contribution in [0.4, 0.5) is 0 Å². The lowest BCUT2D eigenvalue weighted by Crippen LogP contribution is -1.92. The van der Waals surface area contributed by atoms with E-state index in [9.17, 15) is 0 Å². The van der Waals surface area contributed by atoms with Crippen molar-refractivity contribution >= 4 is 65.0 Å². The summed E-state index contributed by atoms with van der Waals surface area (Å²) in [6.45, 7) is 0. The molecule has 47 heavy (non-hydrogen) atoms. The maximum Gasteiger partial charge on any atom is 0.143 e. The van der Waals surface area contributed by atoms with Gasteiger partial charge in [-0.25, -0.2) is 0 Å². The van der Waals surface area contributed by atoms with Crippen molar-refractivity contribution in [3.05, 3.63) is 170 Å². The van der Waals surface area contributed by atoms with Gasteiger partial charge in [0, 0.05) is 16.3 Å². The Morgan fingerprint density at radius 1 is 0.298 bits per heavy atom. The number of hydrogen-bond donors (Lipinski definition) is 0. The maximum absolute atomic E-state index is 6.56. The van der Waals surface area contributed by atoms with Gasteiger partial charge in [-0.1, -0.05) is 152 Å². The van der Waals surface area contributed by atoms with E-state index in [1.54, 1.807) is 0 Å². The van der Waals surface area contributed by atoms with Gasteiger partial charge in [0.15, 0.2) is 0 Å². The molecule has 0 unspecified atom stereocenters. The number of fused-ring (bicyclic) bond motifs is 8. The summed E-state index contributed by atoms with van der Waals surface area (Å²) in [5, 5.41) is 12.4. The Morgan fingerprint density at radius 3 is 1.60 bits per heavy atom. The van der Waals surface area contributed by atoms with Crippen molar-refractivity contribution < 1.29 is 4.42 Å². The van der Waals surface area contributed by atoms with Gasteiger partial charge in [0.25, 0.3) is 0 Å². The molecule has 1 nitrogen and oxygen atoms in total. The van der Waals surface area contributed by atoms with Crippen molar-refractivity contribution in [3.8, 4) is 33.4 Å². The second-order valence-electron chi connectivity index (χ2n) is 12.4. The summed E-state index contributed by atoms with van der Waals surface area (Å²) in [6.07, 6.45) is 0. The van der Waals surface area contributed by atoms with Crippen LogP contribution in [0.15, 0.2) is 174 Å². The average molecular weight is 597 g/mol. The summed E-state index contributed by atoms with van der Waals surface area (Å²) in [6, 6.07) is 61.5. The van der Waals surface area contributed by atoms with E-state index in [4.69, 9.17) is 4.42 Å². The normalized spacial score (nSPS) is 11.8. The fourth-order valence-electron chi connectivity index (χ4n) is 7.79. The number of furan rings is 1. The molecular formula is C46H28O. The van der Waals surface area contributed by atoms with Crippen LogP contribution in [0.2, 0.25) is 0 Å². The molecule has 218 valence electrons. The molecule has 0 aliphatic rings. The largest absolute Gasteiger partial charge is 0.455 e.